The molecule has 0 spiro atoms. The zero-order valence-corrected chi connectivity index (χ0v) is 13.2. The molecule has 1 amide bonds. The van der Waals surface area contributed by atoms with Crippen molar-refractivity contribution in [3.63, 3.8) is 0 Å². The minimum atomic E-state index is -0.311. The molecule has 1 aliphatic carbocycles. The molecule has 0 radical (unpaired) electrons. The molecular formula is C17H26N2O2. The highest BCUT2D eigenvalue weighted by Gasteiger charge is 2.31. The van der Waals surface area contributed by atoms with Gasteiger partial charge in [0.25, 0.3) is 0 Å². The molecule has 1 saturated carbocycles. The average molecular weight is 290 g/mol. The summed E-state index contributed by atoms with van der Waals surface area (Å²) in [6, 6.07) is 7.66. The van der Waals surface area contributed by atoms with E-state index in [1.165, 1.54) is 5.56 Å². The molecule has 2 rings (SSSR count). The quantitative estimate of drug-likeness (QED) is 0.810. The lowest BCUT2D eigenvalue weighted by Crippen LogP contribution is -2.43. The first-order chi connectivity index (χ1) is 10.0. The van der Waals surface area contributed by atoms with Crippen LogP contribution in [0.15, 0.2) is 24.3 Å². The number of carbonyl (C=O) groups is 1. The van der Waals surface area contributed by atoms with E-state index in [2.05, 4.69) is 12.2 Å². The van der Waals surface area contributed by atoms with E-state index in [9.17, 15) is 9.90 Å². The van der Waals surface area contributed by atoms with Gasteiger partial charge in [-0.05, 0) is 56.8 Å². The Bertz CT molecular complexity index is 468. The maximum atomic E-state index is 12.2. The average Bonchev–Trinajstić information content (AvgIpc) is 3.31. The number of hydrogen-bond donors (Lipinski definition) is 2. The number of carbonyl (C=O) groups excluding carboxylic acids is 1. The normalized spacial score (nSPS) is 17.6. The molecule has 1 aromatic carbocycles. The van der Waals surface area contributed by atoms with Gasteiger partial charge in [0.1, 0.15) is 0 Å². The van der Waals surface area contributed by atoms with E-state index in [-0.39, 0.29) is 18.1 Å². The van der Waals surface area contributed by atoms with Gasteiger partial charge in [0.15, 0.2) is 0 Å². The molecule has 0 heterocycles. The molecule has 21 heavy (non-hydrogen) atoms. The molecule has 2 atom stereocenters. The maximum absolute atomic E-state index is 12.2. The van der Waals surface area contributed by atoms with E-state index in [1.807, 2.05) is 43.1 Å². The highest BCUT2D eigenvalue weighted by molar-refractivity contribution is 5.94. The lowest BCUT2D eigenvalue weighted by Gasteiger charge is -2.26. The molecule has 1 aromatic rings. The Morgan fingerprint density at radius 1 is 1.38 bits per heavy atom. The van der Waals surface area contributed by atoms with Crippen molar-refractivity contribution in [3.05, 3.63) is 29.8 Å². The number of aliphatic hydroxyl groups excluding tert-OH is 1. The van der Waals surface area contributed by atoms with Gasteiger partial charge in [0.05, 0.1) is 12.1 Å². The van der Waals surface area contributed by atoms with Gasteiger partial charge in [-0.1, -0.05) is 19.1 Å². The van der Waals surface area contributed by atoms with Crippen molar-refractivity contribution < 1.29 is 9.90 Å². The molecule has 1 aliphatic rings. The van der Waals surface area contributed by atoms with Crippen LogP contribution in [0.2, 0.25) is 0 Å². The van der Waals surface area contributed by atoms with Gasteiger partial charge in [-0.15, -0.1) is 0 Å². The van der Waals surface area contributed by atoms with Crippen LogP contribution in [0, 0.1) is 5.92 Å². The summed E-state index contributed by atoms with van der Waals surface area (Å²) in [7, 11) is 1.88. The Labute approximate surface area is 127 Å². The van der Waals surface area contributed by atoms with Crippen molar-refractivity contribution in [2.24, 2.45) is 5.92 Å². The molecule has 1 fully saturated rings. The fraction of sp³-hybridized carbons (Fsp3) is 0.588. The number of hydrogen-bond acceptors (Lipinski definition) is 3. The molecule has 2 unspecified atom stereocenters. The van der Waals surface area contributed by atoms with Gasteiger partial charge in [-0.2, -0.15) is 0 Å². The van der Waals surface area contributed by atoms with Crippen LogP contribution in [0.4, 0.5) is 5.69 Å². The Kier molecular flexibility index (Phi) is 5.37. The van der Waals surface area contributed by atoms with Gasteiger partial charge < -0.3 is 10.4 Å². The Balaban J connectivity index is 1.85. The number of anilines is 1. The number of likely N-dealkylation sites (N-methyl/N-ethyl adjacent to an activating group) is 1. The number of nitrogens with one attached hydrogen (secondary N) is 1. The largest absolute Gasteiger partial charge is 0.392 e. The van der Waals surface area contributed by atoms with Crippen molar-refractivity contribution in [2.75, 3.05) is 18.9 Å². The van der Waals surface area contributed by atoms with Gasteiger partial charge in [-0.3, -0.25) is 9.69 Å². The van der Waals surface area contributed by atoms with Gasteiger partial charge in [0.2, 0.25) is 5.91 Å². The predicted molar refractivity (Wildman–Crippen MR) is 85.3 cm³/mol. The third-order valence-corrected chi connectivity index (χ3v) is 4.31. The number of aliphatic hydroxyl groups is 1. The number of nitrogens with zero attached hydrogens (tertiary/aromatic N) is 1. The van der Waals surface area contributed by atoms with Crippen molar-refractivity contribution >= 4 is 11.6 Å². The number of benzene rings is 1. The van der Waals surface area contributed by atoms with Crippen LogP contribution >= 0.6 is 0 Å². The van der Waals surface area contributed by atoms with E-state index in [1.54, 1.807) is 0 Å². The first-order valence-corrected chi connectivity index (χ1v) is 7.79. The summed E-state index contributed by atoms with van der Waals surface area (Å²) in [4.78, 5) is 14.2. The second-order valence-corrected chi connectivity index (χ2v) is 6.06. The number of rotatable bonds is 7. The monoisotopic (exact) mass is 290 g/mol. The second kappa shape index (κ2) is 7.05. The predicted octanol–water partition coefficient (Wildman–Crippen LogP) is 2.28. The molecule has 4 nitrogen and oxygen atoms in total. The second-order valence-electron chi connectivity index (χ2n) is 6.06. The van der Waals surface area contributed by atoms with Crippen LogP contribution in [0.25, 0.3) is 0 Å². The molecule has 0 bridgehead atoms. The molecule has 4 heteroatoms. The van der Waals surface area contributed by atoms with Crippen molar-refractivity contribution in [3.8, 4) is 0 Å². The first-order valence-electron chi connectivity index (χ1n) is 7.79. The standard InChI is InChI=1S/C17H26N2O2/c1-4-13-5-9-15(10-6-13)18-17(21)12(2)19(3)11-16(20)14-7-8-14/h5-6,9-10,12,14,16,20H,4,7-8,11H2,1-3H3,(H,18,21). The van der Waals surface area contributed by atoms with Crippen LogP contribution in [0.5, 0.6) is 0 Å². The first kappa shape index (κ1) is 16.0. The zero-order valence-electron chi connectivity index (χ0n) is 13.2. The Morgan fingerprint density at radius 3 is 2.52 bits per heavy atom. The minimum Gasteiger partial charge on any atom is -0.392 e. The summed E-state index contributed by atoms with van der Waals surface area (Å²) in [6.45, 7) is 4.53. The molecule has 0 saturated heterocycles. The maximum Gasteiger partial charge on any atom is 0.241 e. The Hall–Kier alpha value is -1.39. The molecular weight excluding hydrogens is 264 g/mol. The van der Waals surface area contributed by atoms with E-state index in [4.69, 9.17) is 0 Å². The summed E-state index contributed by atoms with van der Waals surface area (Å²) in [5.41, 5.74) is 2.07. The van der Waals surface area contributed by atoms with Crippen LogP contribution < -0.4 is 5.32 Å². The summed E-state index contributed by atoms with van der Waals surface area (Å²) in [5.74, 6) is 0.397. The fourth-order valence-corrected chi connectivity index (χ4v) is 2.35. The van der Waals surface area contributed by atoms with Crippen molar-refractivity contribution in [2.45, 2.75) is 45.3 Å². The topological polar surface area (TPSA) is 52.6 Å². The number of aryl methyl sites for hydroxylation is 1. The van der Waals surface area contributed by atoms with Gasteiger partial charge in [0, 0.05) is 12.2 Å². The third kappa shape index (κ3) is 4.55. The molecule has 116 valence electrons. The van der Waals surface area contributed by atoms with E-state index in [0.717, 1.165) is 24.9 Å². The summed E-state index contributed by atoms with van der Waals surface area (Å²) < 4.78 is 0. The summed E-state index contributed by atoms with van der Waals surface area (Å²) in [5, 5.41) is 12.9. The SMILES string of the molecule is CCc1ccc(NC(=O)C(C)N(C)CC(O)C2CC2)cc1. The number of amides is 1. The van der Waals surface area contributed by atoms with E-state index >= 15 is 0 Å². The summed E-state index contributed by atoms with van der Waals surface area (Å²) in [6.07, 6.45) is 2.90. The van der Waals surface area contributed by atoms with E-state index in [0.29, 0.717) is 12.5 Å². The highest BCUT2D eigenvalue weighted by Crippen LogP contribution is 2.32. The van der Waals surface area contributed by atoms with Crippen LogP contribution in [0.3, 0.4) is 0 Å². The summed E-state index contributed by atoms with van der Waals surface area (Å²) >= 11 is 0. The highest BCUT2D eigenvalue weighted by atomic mass is 16.3. The minimum absolute atomic E-state index is 0.0373. The Morgan fingerprint density at radius 2 is 2.00 bits per heavy atom. The van der Waals surface area contributed by atoms with Gasteiger partial charge in [-0.25, -0.2) is 0 Å². The smallest absolute Gasteiger partial charge is 0.241 e. The lowest BCUT2D eigenvalue weighted by atomic mass is 10.1. The van der Waals surface area contributed by atoms with Crippen molar-refractivity contribution in [1.82, 2.24) is 4.90 Å². The van der Waals surface area contributed by atoms with Crippen molar-refractivity contribution in [1.29, 1.82) is 0 Å². The van der Waals surface area contributed by atoms with E-state index < -0.39 is 0 Å². The molecule has 0 aromatic heterocycles. The molecule has 2 N–H and O–H groups in total. The lowest BCUT2D eigenvalue weighted by molar-refractivity contribution is -0.120. The molecule has 0 aliphatic heterocycles. The third-order valence-electron chi connectivity index (χ3n) is 4.31. The fourth-order valence-electron chi connectivity index (χ4n) is 2.35. The van der Waals surface area contributed by atoms with Gasteiger partial charge >= 0.3 is 0 Å². The zero-order chi connectivity index (χ0) is 15.4. The van der Waals surface area contributed by atoms with Crippen LogP contribution in [0.1, 0.15) is 32.3 Å². The van der Waals surface area contributed by atoms with Crippen LogP contribution in [-0.4, -0.2) is 41.7 Å². The van der Waals surface area contributed by atoms with Crippen LogP contribution in [-0.2, 0) is 11.2 Å².